The van der Waals surface area contributed by atoms with Gasteiger partial charge in [0.15, 0.2) is 0 Å². The SMILES string of the molecule is N#CCc1ccc2[nH]ncc2c1. The van der Waals surface area contributed by atoms with Crippen LogP contribution in [0.1, 0.15) is 5.56 Å². The van der Waals surface area contributed by atoms with Gasteiger partial charge in [-0.25, -0.2) is 0 Å². The maximum Gasteiger partial charge on any atom is 0.0669 e. The number of H-pyrrole nitrogens is 1. The summed E-state index contributed by atoms with van der Waals surface area (Å²) in [5.41, 5.74) is 2.04. The van der Waals surface area contributed by atoms with Crippen LogP contribution in [-0.4, -0.2) is 10.2 Å². The highest BCUT2D eigenvalue weighted by Gasteiger charge is 1.96. The van der Waals surface area contributed by atoms with Gasteiger partial charge >= 0.3 is 0 Å². The van der Waals surface area contributed by atoms with E-state index in [1.54, 1.807) is 6.20 Å². The van der Waals surface area contributed by atoms with Gasteiger partial charge in [0.2, 0.25) is 0 Å². The lowest BCUT2D eigenvalue weighted by Crippen LogP contribution is -1.79. The zero-order chi connectivity index (χ0) is 8.39. The molecule has 0 saturated heterocycles. The summed E-state index contributed by atoms with van der Waals surface area (Å²) in [5.74, 6) is 0. The summed E-state index contributed by atoms with van der Waals surface area (Å²) in [4.78, 5) is 0. The molecule has 0 atom stereocenters. The predicted octanol–water partition coefficient (Wildman–Crippen LogP) is 1.63. The van der Waals surface area contributed by atoms with Crippen LogP contribution in [0.3, 0.4) is 0 Å². The largest absolute Gasteiger partial charge is 0.278 e. The second-order valence-electron chi connectivity index (χ2n) is 2.63. The minimum absolute atomic E-state index is 0.459. The van der Waals surface area contributed by atoms with Crippen LogP contribution < -0.4 is 0 Å². The van der Waals surface area contributed by atoms with E-state index in [0.29, 0.717) is 6.42 Å². The Kier molecular flexibility index (Phi) is 1.52. The van der Waals surface area contributed by atoms with E-state index in [9.17, 15) is 0 Å². The molecule has 2 rings (SSSR count). The molecule has 0 aliphatic carbocycles. The van der Waals surface area contributed by atoms with Crippen molar-refractivity contribution in [2.24, 2.45) is 0 Å². The Hall–Kier alpha value is -1.82. The molecule has 1 N–H and O–H groups in total. The van der Waals surface area contributed by atoms with Crippen LogP contribution in [0.25, 0.3) is 10.9 Å². The van der Waals surface area contributed by atoms with Gasteiger partial charge in [-0.2, -0.15) is 10.4 Å². The summed E-state index contributed by atoms with van der Waals surface area (Å²) in [7, 11) is 0. The van der Waals surface area contributed by atoms with Gasteiger partial charge in [-0.1, -0.05) is 6.07 Å². The highest BCUT2D eigenvalue weighted by atomic mass is 15.1. The molecular weight excluding hydrogens is 150 g/mol. The summed E-state index contributed by atoms with van der Waals surface area (Å²) in [6, 6.07) is 7.96. The maximum absolute atomic E-state index is 8.47. The zero-order valence-electron chi connectivity index (χ0n) is 6.41. The molecule has 0 aliphatic heterocycles. The molecule has 0 radical (unpaired) electrons. The van der Waals surface area contributed by atoms with Crippen molar-refractivity contribution in [2.45, 2.75) is 6.42 Å². The van der Waals surface area contributed by atoms with Crippen molar-refractivity contribution in [1.29, 1.82) is 5.26 Å². The van der Waals surface area contributed by atoms with Crippen LogP contribution in [0.15, 0.2) is 24.4 Å². The number of hydrogen-bond acceptors (Lipinski definition) is 2. The average molecular weight is 157 g/mol. The normalized spacial score (nSPS) is 9.92. The van der Waals surface area contributed by atoms with E-state index in [1.807, 2.05) is 18.2 Å². The number of nitrogens with one attached hydrogen (secondary N) is 1. The Balaban J connectivity index is 2.54. The highest BCUT2D eigenvalue weighted by molar-refractivity contribution is 5.78. The molecule has 0 unspecified atom stereocenters. The second kappa shape index (κ2) is 2.67. The van der Waals surface area contributed by atoms with Crippen molar-refractivity contribution >= 4 is 10.9 Å². The lowest BCUT2D eigenvalue weighted by Gasteiger charge is -1.92. The molecule has 0 saturated carbocycles. The van der Waals surface area contributed by atoms with Gasteiger partial charge in [0.05, 0.1) is 24.2 Å². The van der Waals surface area contributed by atoms with Crippen molar-refractivity contribution in [3.8, 4) is 6.07 Å². The minimum atomic E-state index is 0.459. The molecule has 0 bridgehead atoms. The fourth-order valence-corrected chi connectivity index (χ4v) is 1.19. The van der Waals surface area contributed by atoms with Crippen LogP contribution >= 0.6 is 0 Å². The Labute approximate surface area is 69.6 Å². The van der Waals surface area contributed by atoms with E-state index < -0.39 is 0 Å². The average Bonchev–Trinajstić information content (AvgIpc) is 2.51. The van der Waals surface area contributed by atoms with Gasteiger partial charge in [0.1, 0.15) is 0 Å². The third-order valence-corrected chi connectivity index (χ3v) is 1.79. The van der Waals surface area contributed by atoms with Crippen molar-refractivity contribution in [2.75, 3.05) is 0 Å². The minimum Gasteiger partial charge on any atom is -0.278 e. The first-order chi connectivity index (χ1) is 5.90. The number of aromatic amines is 1. The van der Waals surface area contributed by atoms with E-state index in [4.69, 9.17) is 5.26 Å². The van der Waals surface area contributed by atoms with E-state index in [0.717, 1.165) is 16.5 Å². The monoisotopic (exact) mass is 157 g/mol. The Morgan fingerprint density at radius 1 is 1.50 bits per heavy atom. The summed E-state index contributed by atoms with van der Waals surface area (Å²) in [6.07, 6.45) is 2.22. The van der Waals surface area contributed by atoms with Gasteiger partial charge < -0.3 is 0 Å². The molecule has 0 spiro atoms. The molecule has 1 aromatic carbocycles. The second-order valence-corrected chi connectivity index (χ2v) is 2.63. The third-order valence-electron chi connectivity index (χ3n) is 1.79. The smallest absolute Gasteiger partial charge is 0.0669 e. The fraction of sp³-hybridized carbons (Fsp3) is 0.111. The van der Waals surface area contributed by atoms with Crippen molar-refractivity contribution in [3.63, 3.8) is 0 Å². The first-order valence-electron chi connectivity index (χ1n) is 3.69. The molecule has 1 heterocycles. The molecule has 58 valence electrons. The Morgan fingerprint density at radius 2 is 2.42 bits per heavy atom. The molecule has 3 heteroatoms. The van der Waals surface area contributed by atoms with Crippen LogP contribution in [-0.2, 0) is 6.42 Å². The first kappa shape index (κ1) is 6.86. The van der Waals surface area contributed by atoms with Gasteiger partial charge in [-0.05, 0) is 17.7 Å². The molecule has 12 heavy (non-hydrogen) atoms. The Morgan fingerprint density at radius 3 is 3.25 bits per heavy atom. The van der Waals surface area contributed by atoms with E-state index in [2.05, 4.69) is 16.3 Å². The fourth-order valence-electron chi connectivity index (χ4n) is 1.19. The molecule has 0 fully saturated rings. The van der Waals surface area contributed by atoms with Crippen LogP contribution in [0, 0.1) is 11.3 Å². The topological polar surface area (TPSA) is 52.5 Å². The zero-order valence-corrected chi connectivity index (χ0v) is 6.41. The number of nitrogens with zero attached hydrogens (tertiary/aromatic N) is 2. The lowest BCUT2D eigenvalue weighted by molar-refractivity contribution is 1.12. The van der Waals surface area contributed by atoms with E-state index in [-0.39, 0.29) is 0 Å². The summed E-state index contributed by atoms with van der Waals surface area (Å²) < 4.78 is 0. The van der Waals surface area contributed by atoms with Crippen LogP contribution in [0.4, 0.5) is 0 Å². The predicted molar refractivity (Wildman–Crippen MR) is 45.4 cm³/mol. The van der Waals surface area contributed by atoms with Crippen LogP contribution in [0.2, 0.25) is 0 Å². The summed E-state index contributed by atoms with van der Waals surface area (Å²) in [6.45, 7) is 0. The van der Waals surface area contributed by atoms with Crippen molar-refractivity contribution in [1.82, 2.24) is 10.2 Å². The van der Waals surface area contributed by atoms with Crippen LogP contribution in [0.5, 0.6) is 0 Å². The molecule has 3 nitrogen and oxygen atoms in total. The van der Waals surface area contributed by atoms with Gasteiger partial charge in [-0.15, -0.1) is 0 Å². The van der Waals surface area contributed by atoms with Crippen molar-refractivity contribution < 1.29 is 0 Å². The number of rotatable bonds is 1. The molecule has 1 aromatic heterocycles. The summed E-state index contributed by atoms with van der Waals surface area (Å²) >= 11 is 0. The molecular formula is C9H7N3. The molecule has 0 amide bonds. The van der Waals surface area contributed by atoms with Gasteiger partial charge in [0, 0.05) is 5.39 Å². The quantitative estimate of drug-likeness (QED) is 0.684. The third kappa shape index (κ3) is 1.04. The Bertz CT molecular complexity index is 436. The van der Waals surface area contributed by atoms with Crippen molar-refractivity contribution in [3.05, 3.63) is 30.0 Å². The van der Waals surface area contributed by atoms with Gasteiger partial charge in [-0.3, -0.25) is 5.10 Å². The number of nitriles is 1. The van der Waals surface area contributed by atoms with E-state index in [1.165, 1.54) is 0 Å². The number of aromatic nitrogens is 2. The van der Waals surface area contributed by atoms with Gasteiger partial charge in [0.25, 0.3) is 0 Å². The standard InChI is InChI=1S/C9H7N3/c10-4-3-7-1-2-9-8(5-7)6-11-12-9/h1-2,5-6H,3H2,(H,11,12). The number of benzene rings is 1. The highest BCUT2D eigenvalue weighted by Crippen LogP contribution is 2.12. The maximum atomic E-state index is 8.47. The lowest BCUT2D eigenvalue weighted by atomic mass is 10.1. The first-order valence-corrected chi connectivity index (χ1v) is 3.69. The number of fused-ring (bicyclic) bond motifs is 1. The number of hydrogen-bond donors (Lipinski definition) is 1. The van der Waals surface area contributed by atoms with E-state index >= 15 is 0 Å². The molecule has 0 aliphatic rings. The molecule has 2 aromatic rings. The summed E-state index contributed by atoms with van der Waals surface area (Å²) in [5, 5.41) is 16.3.